The van der Waals surface area contributed by atoms with Crippen LogP contribution in [0.25, 0.3) is 11.2 Å². The van der Waals surface area contributed by atoms with Gasteiger partial charge < -0.3 is 15.4 Å². The second kappa shape index (κ2) is 3.28. The number of aliphatic hydroxyl groups is 1. The molecule has 0 spiro atoms. The van der Waals surface area contributed by atoms with Crippen LogP contribution < -0.4 is 5.73 Å². The van der Waals surface area contributed by atoms with E-state index < -0.39 is 0 Å². The lowest BCUT2D eigenvalue weighted by Crippen LogP contribution is -2.08. The number of hydrogen-bond donors (Lipinski definition) is 2. The number of anilines is 1. The maximum Gasteiger partial charge on any atom is 0.165 e. The van der Waals surface area contributed by atoms with E-state index >= 15 is 0 Å². The highest BCUT2D eigenvalue weighted by Crippen LogP contribution is 2.26. The highest BCUT2D eigenvalue weighted by Gasteiger charge is 2.20. The molecule has 0 aliphatic heterocycles. The van der Waals surface area contributed by atoms with Crippen LogP contribution in [0.1, 0.15) is 12.5 Å². The van der Waals surface area contributed by atoms with Crippen LogP contribution in [-0.2, 0) is 0 Å². The standard InChI is InChI=1S/C10H11N5O/c11-9-8-10(13-4-12-9)15(5-14-8)6-1-2-7(16)3-6/h1-2,4-7,16H,3H2,(H2,11,12,13)/t6-,7?/m1/s1. The lowest BCUT2D eigenvalue weighted by Gasteiger charge is -2.10. The average molecular weight is 217 g/mol. The van der Waals surface area contributed by atoms with Gasteiger partial charge >= 0.3 is 0 Å². The first-order chi connectivity index (χ1) is 7.75. The van der Waals surface area contributed by atoms with Crippen LogP contribution >= 0.6 is 0 Å². The maximum absolute atomic E-state index is 9.45. The van der Waals surface area contributed by atoms with E-state index in [1.807, 2.05) is 10.6 Å². The van der Waals surface area contributed by atoms with Crippen molar-refractivity contribution >= 4 is 17.0 Å². The Morgan fingerprint density at radius 2 is 2.19 bits per heavy atom. The van der Waals surface area contributed by atoms with Gasteiger partial charge in [-0.1, -0.05) is 12.2 Å². The van der Waals surface area contributed by atoms with E-state index in [4.69, 9.17) is 5.73 Å². The van der Waals surface area contributed by atoms with Gasteiger partial charge in [-0.2, -0.15) is 0 Å². The zero-order chi connectivity index (χ0) is 11.1. The van der Waals surface area contributed by atoms with E-state index in [-0.39, 0.29) is 12.1 Å². The van der Waals surface area contributed by atoms with Gasteiger partial charge in [0.1, 0.15) is 11.8 Å². The van der Waals surface area contributed by atoms with Crippen molar-refractivity contribution in [2.75, 3.05) is 5.73 Å². The van der Waals surface area contributed by atoms with E-state index in [1.165, 1.54) is 6.33 Å². The zero-order valence-corrected chi connectivity index (χ0v) is 8.48. The Labute approximate surface area is 91.5 Å². The van der Waals surface area contributed by atoms with Crippen molar-refractivity contribution in [1.29, 1.82) is 0 Å². The summed E-state index contributed by atoms with van der Waals surface area (Å²) < 4.78 is 1.90. The number of nitrogens with two attached hydrogens (primary N) is 1. The van der Waals surface area contributed by atoms with Crippen LogP contribution in [0, 0.1) is 0 Å². The molecule has 6 nitrogen and oxygen atoms in total. The van der Waals surface area contributed by atoms with Crippen molar-refractivity contribution in [2.24, 2.45) is 0 Å². The Morgan fingerprint density at radius 3 is 2.94 bits per heavy atom. The summed E-state index contributed by atoms with van der Waals surface area (Å²) in [5.41, 5.74) is 7.01. The minimum atomic E-state index is -0.387. The van der Waals surface area contributed by atoms with Gasteiger partial charge in [-0.15, -0.1) is 0 Å². The summed E-state index contributed by atoms with van der Waals surface area (Å²) in [6.45, 7) is 0. The summed E-state index contributed by atoms with van der Waals surface area (Å²) in [7, 11) is 0. The molecule has 0 saturated carbocycles. The van der Waals surface area contributed by atoms with Crippen LogP contribution in [-0.4, -0.2) is 30.7 Å². The Hall–Kier alpha value is -1.95. The smallest absolute Gasteiger partial charge is 0.165 e. The van der Waals surface area contributed by atoms with Crippen LogP contribution in [0.4, 0.5) is 5.82 Å². The van der Waals surface area contributed by atoms with E-state index in [1.54, 1.807) is 12.4 Å². The molecule has 0 saturated heterocycles. The van der Waals surface area contributed by atoms with Crippen molar-refractivity contribution in [3.63, 3.8) is 0 Å². The molecule has 2 aromatic rings. The minimum absolute atomic E-state index is 0.0919. The molecular weight excluding hydrogens is 206 g/mol. The predicted molar refractivity (Wildman–Crippen MR) is 58.5 cm³/mol. The second-order valence-corrected chi connectivity index (χ2v) is 3.84. The largest absolute Gasteiger partial charge is 0.389 e. The number of nitrogen functional groups attached to an aromatic ring is 1. The summed E-state index contributed by atoms with van der Waals surface area (Å²) >= 11 is 0. The first-order valence-electron chi connectivity index (χ1n) is 5.05. The van der Waals surface area contributed by atoms with Gasteiger partial charge in [-0.25, -0.2) is 15.0 Å². The van der Waals surface area contributed by atoms with Crippen LogP contribution in [0.15, 0.2) is 24.8 Å². The Bertz CT molecular complexity index is 561. The highest BCUT2D eigenvalue weighted by molar-refractivity contribution is 5.81. The maximum atomic E-state index is 9.45. The summed E-state index contributed by atoms with van der Waals surface area (Å²) in [5.74, 6) is 0.381. The fourth-order valence-electron chi connectivity index (χ4n) is 1.98. The van der Waals surface area contributed by atoms with Gasteiger partial charge in [0.25, 0.3) is 0 Å². The molecule has 0 bridgehead atoms. The van der Waals surface area contributed by atoms with E-state index in [2.05, 4.69) is 15.0 Å². The molecule has 1 aliphatic rings. The van der Waals surface area contributed by atoms with Crippen molar-refractivity contribution in [3.05, 3.63) is 24.8 Å². The van der Waals surface area contributed by atoms with Gasteiger partial charge in [0, 0.05) is 6.42 Å². The first-order valence-corrected chi connectivity index (χ1v) is 5.05. The third-order valence-electron chi connectivity index (χ3n) is 2.78. The average Bonchev–Trinajstić information content (AvgIpc) is 2.84. The molecule has 3 N–H and O–H groups in total. The number of aromatic nitrogens is 4. The molecule has 0 fully saturated rings. The number of nitrogens with zero attached hydrogens (tertiary/aromatic N) is 4. The van der Waals surface area contributed by atoms with Crippen LogP contribution in [0.5, 0.6) is 0 Å². The summed E-state index contributed by atoms with van der Waals surface area (Å²) in [4.78, 5) is 12.2. The summed E-state index contributed by atoms with van der Waals surface area (Å²) in [6.07, 6.45) is 7.09. The van der Waals surface area contributed by atoms with Gasteiger partial charge in [-0.05, 0) is 0 Å². The molecule has 0 radical (unpaired) electrons. The lowest BCUT2D eigenvalue weighted by molar-refractivity contribution is 0.211. The summed E-state index contributed by atoms with van der Waals surface area (Å²) in [6, 6.07) is 0.0919. The molecule has 3 rings (SSSR count). The Balaban J connectivity index is 2.12. The van der Waals surface area contributed by atoms with Gasteiger partial charge in [0.15, 0.2) is 11.5 Å². The van der Waals surface area contributed by atoms with Crippen LogP contribution in [0.3, 0.4) is 0 Å². The molecule has 16 heavy (non-hydrogen) atoms. The zero-order valence-electron chi connectivity index (χ0n) is 8.48. The van der Waals surface area contributed by atoms with Crippen molar-refractivity contribution in [2.45, 2.75) is 18.6 Å². The predicted octanol–water partition coefficient (Wildman–Crippen LogP) is 0.270. The SMILES string of the molecule is Nc1ncnc2c1ncn2[C@@H]1C=CC(O)C1. The normalized spacial score (nSPS) is 24.3. The van der Waals surface area contributed by atoms with Gasteiger partial charge in [-0.3, -0.25) is 0 Å². The third kappa shape index (κ3) is 1.27. The molecule has 2 heterocycles. The molecule has 2 aromatic heterocycles. The van der Waals surface area contributed by atoms with Crippen molar-refractivity contribution in [3.8, 4) is 0 Å². The van der Waals surface area contributed by atoms with Gasteiger partial charge in [0.2, 0.25) is 0 Å². The number of hydrogen-bond acceptors (Lipinski definition) is 5. The van der Waals surface area contributed by atoms with E-state index in [0.29, 0.717) is 23.4 Å². The minimum Gasteiger partial charge on any atom is -0.389 e. The number of allylic oxidation sites excluding steroid dienone is 1. The highest BCUT2D eigenvalue weighted by atomic mass is 16.3. The number of imidazole rings is 1. The van der Waals surface area contributed by atoms with Crippen molar-refractivity contribution < 1.29 is 5.11 Å². The monoisotopic (exact) mass is 217 g/mol. The van der Waals surface area contributed by atoms with Crippen LogP contribution in [0.2, 0.25) is 0 Å². The molecule has 0 aromatic carbocycles. The fourth-order valence-corrected chi connectivity index (χ4v) is 1.98. The lowest BCUT2D eigenvalue weighted by atomic mass is 10.2. The molecular formula is C10H11N5O. The number of fused-ring (bicyclic) bond motifs is 1. The van der Waals surface area contributed by atoms with E-state index in [0.717, 1.165) is 0 Å². The fraction of sp³-hybridized carbons (Fsp3) is 0.300. The molecule has 1 aliphatic carbocycles. The Kier molecular flexibility index (Phi) is 1.90. The molecule has 0 amide bonds. The molecule has 1 unspecified atom stereocenters. The third-order valence-corrected chi connectivity index (χ3v) is 2.78. The van der Waals surface area contributed by atoms with Gasteiger partial charge in [0.05, 0.1) is 18.5 Å². The molecule has 6 heteroatoms. The quantitative estimate of drug-likeness (QED) is 0.669. The second-order valence-electron chi connectivity index (χ2n) is 3.84. The number of rotatable bonds is 1. The Morgan fingerprint density at radius 1 is 1.31 bits per heavy atom. The first kappa shape index (κ1) is 9.29. The topological polar surface area (TPSA) is 89.9 Å². The molecule has 2 atom stereocenters. The summed E-state index contributed by atoms with van der Waals surface area (Å²) in [5, 5.41) is 9.45. The van der Waals surface area contributed by atoms with E-state index in [9.17, 15) is 5.11 Å². The number of aliphatic hydroxyl groups excluding tert-OH is 1. The molecule has 82 valence electrons. The van der Waals surface area contributed by atoms with Crippen molar-refractivity contribution in [1.82, 2.24) is 19.5 Å².